The van der Waals surface area contributed by atoms with Gasteiger partial charge in [0.2, 0.25) is 0 Å². The molecule has 1 aliphatic carbocycles. The highest BCUT2D eigenvalue weighted by molar-refractivity contribution is 4.88. The molecule has 0 saturated heterocycles. The second-order valence-electron chi connectivity index (χ2n) is 5.70. The molecule has 0 amide bonds. The normalized spacial score (nSPS) is 20.8. The van der Waals surface area contributed by atoms with E-state index in [0.717, 1.165) is 0 Å². The van der Waals surface area contributed by atoms with E-state index in [-0.39, 0.29) is 5.60 Å². The van der Waals surface area contributed by atoms with Crippen LogP contribution in [0.25, 0.3) is 0 Å². The predicted octanol–water partition coefficient (Wildman–Crippen LogP) is 2.97. The Morgan fingerprint density at radius 2 is 1.87 bits per heavy atom. The van der Waals surface area contributed by atoms with Gasteiger partial charge in [-0.2, -0.15) is 0 Å². The maximum Gasteiger partial charge on any atom is 0.0623 e. The van der Waals surface area contributed by atoms with Crippen LogP contribution in [0.5, 0.6) is 0 Å². The molecule has 1 saturated carbocycles. The number of methoxy groups -OCH3 is 1. The van der Waals surface area contributed by atoms with Crippen LogP contribution in [0, 0.1) is 5.41 Å². The first-order valence-corrected chi connectivity index (χ1v) is 6.23. The predicted molar refractivity (Wildman–Crippen MR) is 65.1 cm³/mol. The van der Waals surface area contributed by atoms with Crippen molar-refractivity contribution in [2.24, 2.45) is 5.41 Å². The van der Waals surface area contributed by atoms with Gasteiger partial charge in [-0.15, -0.1) is 0 Å². The fourth-order valence-electron chi connectivity index (χ4n) is 2.68. The lowest BCUT2D eigenvalue weighted by Gasteiger charge is -2.33. The van der Waals surface area contributed by atoms with Gasteiger partial charge in [-0.3, -0.25) is 0 Å². The van der Waals surface area contributed by atoms with Crippen molar-refractivity contribution in [1.29, 1.82) is 0 Å². The molecule has 0 aromatic carbocycles. The van der Waals surface area contributed by atoms with Gasteiger partial charge in [0.1, 0.15) is 0 Å². The monoisotopic (exact) mass is 213 g/mol. The molecule has 2 nitrogen and oxygen atoms in total. The van der Waals surface area contributed by atoms with Crippen LogP contribution >= 0.6 is 0 Å². The molecule has 0 bridgehead atoms. The van der Waals surface area contributed by atoms with Gasteiger partial charge in [-0.1, -0.05) is 12.8 Å². The number of ether oxygens (including phenoxy) is 1. The van der Waals surface area contributed by atoms with Gasteiger partial charge in [-0.05, 0) is 52.0 Å². The largest absolute Gasteiger partial charge is 0.379 e. The van der Waals surface area contributed by atoms with Gasteiger partial charge in [-0.25, -0.2) is 0 Å². The van der Waals surface area contributed by atoms with Crippen molar-refractivity contribution in [1.82, 2.24) is 5.32 Å². The van der Waals surface area contributed by atoms with E-state index in [1.54, 1.807) is 0 Å². The zero-order valence-corrected chi connectivity index (χ0v) is 10.9. The molecule has 0 spiro atoms. The lowest BCUT2D eigenvalue weighted by molar-refractivity contribution is 0.00381. The third-order valence-corrected chi connectivity index (χ3v) is 4.03. The lowest BCUT2D eigenvalue weighted by atomic mass is 9.79. The van der Waals surface area contributed by atoms with E-state index < -0.39 is 0 Å². The highest BCUT2D eigenvalue weighted by Gasteiger charge is 2.34. The van der Waals surface area contributed by atoms with Crippen LogP contribution < -0.4 is 5.32 Å². The van der Waals surface area contributed by atoms with E-state index >= 15 is 0 Å². The van der Waals surface area contributed by atoms with Gasteiger partial charge < -0.3 is 10.1 Å². The molecular formula is C13H27NO. The smallest absolute Gasteiger partial charge is 0.0623 e. The standard InChI is InChI=1S/C13H27NO/c1-12(2,15-4)9-10-13(11-14-3)7-5-6-8-13/h14H,5-11H2,1-4H3. The highest BCUT2D eigenvalue weighted by atomic mass is 16.5. The van der Waals surface area contributed by atoms with Crippen LogP contribution in [-0.2, 0) is 4.74 Å². The van der Waals surface area contributed by atoms with Crippen LogP contribution in [-0.4, -0.2) is 26.3 Å². The van der Waals surface area contributed by atoms with E-state index in [1.807, 2.05) is 7.11 Å². The second kappa shape index (κ2) is 5.31. The van der Waals surface area contributed by atoms with Crippen molar-refractivity contribution in [3.05, 3.63) is 0 Å². The zero-order valence-electron chi connectivity index (χ0n) is 10.9. The molecule has 0 aliphatic heterocycles. The van der Waals surface area contributed by atoms with Crippen molar-refractivity contribution in [3.8, 4) is 0 Å². The summed E-state index contributed by atoms with van der Waals surface area (Å²) < 4.78 is 5.50. The van der Waals surface area contributed by atoms with Crippen molar-refractivity contribution in [2.45, 2.75) is 58.0 Å². The van der Waals surface area contributed by atoms with Crippen LogP contribution in [0.15, 0.2) is 0 Å². The molecule has 90 valence electrons. The van der Waals surface area contributed by atoms with Gasteiger partial charge in [0.05, 0.1) is 5.60 Å². The maximum absolute atomic E-state index is 5.50. The summed E-state index contributed by atoms with van der Waals surface area (Å²) in [5.74, 6) is 0. The summed E-state index contributed by atoms with van der Waals surface area (Å²) in [6, 6.07) is 0. The van der Waals surface area contributed by atoms with Gasteiger partial charge in [0.15, 0.2) is 0 Å². The maximum atomic E-state index is 5.50. The number of hydrogen-bond acceptors (Lipinski definition) is 2. The highest BCUT2D eigenvalue weighted by Crippen LogP contribution is 2.42. The second-order valence-corrected chi connectivity index (χ2v) is 5.70. The first kappa shape index (κ1) is 13.0. The van der Waals surface area contributed by atoms with Crippen LogP contribution in [0.2, 0.25) is 0 Å². The number of hydrogen-bond donors (Lipinski definition) is 1. The average Bonchev–Trinajstić information content (AvgIpc) is 2.65. The Kier molecular flexibility index (Phi) is 4.60. The zero-order chi connectivity index (χ0) is 11.4. The van der Waals surface area contributed by atoms with Crippen molar-refractivity contribution in [2.75, 3.05) is 20.7 Å². The molecule has 1 fully saturated rings. The summed E-state index contributed by atoms with van der Waals surface area (Å²) in [7, 11) is 3.89. The van der Waals surface area contributed by atoms with Crippen LogP contribution in [0.3, 0.4) is 0 Å². The third kappa shape index (κ3) is 3.76. The van der Waals surface area contributed by atoms with E-state index in [0.29, 0.717) is 5.41 Å². The first-order valence-electron chi connectivity index (χ1n) is 6.23. The first-order chi connectivity index (χ1) is 7.04. The van der Waals surface area contributed by atoms with Crippen molar-refractivity contribution >= 4 is 0 Å². The minimum Gasteiger partial charge on any atom is -0.379 e. The summed E-state index contributed by atoms with van der Waals surface area (Å²) in [4.78, 5) is 0. The van der Waals surface area contributed by atoms with E-state index in [4.69, 9.17) is 4.74 Å². The fraction of sp³-hybridized carbons (Fsp3) is 1.00. The molecular weight excluding hydrogens is 186 g/mol. The number of nitrogens with one attached hydrogen (secondary N) is 1. The van der Waals surface area contributed by atoms with Crippen molar-refractivity contribution in [3.63, 3.8) is 0 Å². The van der Waals surface area contributed by atoms with E-state index in [9.17, 15) is 0 Å². The molecule has 1 aliphatic rings. The molecule has 15 heavy (non-hydrogen) atoms. The molecule has 1 N–H and O–H groups in total. The average molecular weight is 213 g/mol. The minimum absolute atomic E-state index is 0.0450. The summed E-state index contributed by atoms with van der Waals surface area (Å²) in [5.41, 5.74) is 0.605. The Labute approximate surface area is 94.8 Å². The lowest BCUT2D eigenvalue weighted by Crippen LogP contribution is -2.33. The third-order valence-electron chi connectivity index (χ3n) is 4.03. The molecule has 0 unspecified atom stereocenters. The van der Waals surface area contributed by atoms with Gasteiger partial charge in [0, 0.05) is 13.7 Å². The molecule has 1 rings (SSSR count). The Bertz CT molecular complexity index is 183. The molecule has 0 heterocycles. The van der Waals surface area contributed by atoms with Crippen LogP contribution in [0.4, 0.5) is 0 Å². The molecule has 0 aromatic heterocycles. The Morgan fingerprint density at radius 1 is 1.27 bits per heavy atom. The Balaban J connectivity index is 2.45. The Hall–Kier alpha value is -0.0800. The summed E-state index contributed by atoms with van der Waals surface area (Å²) >= 11 is 0. The summed E-state index contributed by atoms with van der Waals surface area (Å²) in [5, 5.41) is 3.36. The van der Waals surface area contributed by atoms with E-state index in [2.05, 4.69) is 26.2 Å². The Morgan fingerprint density at radius 3 is 2.33 bits per heavy atom. The summed E-state index contributed by atoms with van der Waals surface area (Å²) in [6.45, 7) is 5.55. The van der Waals surface area contributed by atoms with Crippen molar-refractivity contribution < 1.29 is 4.74 Å². The SMILES string of the molecule is CNCC1(CCC(C)(C)OC)CCCC1. The molecule has 0 atom stereocenters. The molecule has 2 heteroatoms. The van der Waals surface area contributed by atoms with Crippen LogP contribution in [0.1, 0.15) is 52.4 Å². The number of rotatable bonds is 6. The minimum atomic E-state index is 0.0450. The van der Waals surface area contributed by atoms with Gasteiger partial charge in [0.25, 0.3) is 0 Å². The van der Waals surface area contributed by atoms with Gasteiger partial charge >= 0.3 is 0 Å². The van der Waals surface area contributed by atoms with E-state index in [1.165, 1.54) is 45.1 Å². The fourth-order valence-corrected chi connectivity index (χ4v) is 2.68. The molecule has 0 radical (unpaired) electrons. The summed E-state index contributed by atoms with van der Waals surface area (Å²) in [6.07, 6.45) is 8.09. The topological polar surface area (TPSA) is 21.3 Å². The molecule has 0 aromatic rings. The quantitative estimate of drug-likeness (QED) is 0.732.